The predicted octanol–water partition coefficient (Wildman–Crippen LogP) is 3.60. The summed E-state index contributed by atoms with van der Waals surface area (Å²) in [5.74, 6) is -1.36. The number of ether oxygens (including phenoxy) is 2. The number of rotatable bonds is 6. The molecule has 0 fully saturated rings. The van der Waals surface area contributed by atoms with E-state index in [-0.39, 0.29) is 28.0 Å². The van der Waals surface area contributed by atoms with Gasteiger partial charge < -0.3 is 14.7 Å². The average molecular weight is 432 g/mol. The van der Waals surface area contributed by atoms with Crippen LogP contribution in [0.3, 0.4) is 0 Å². The predicted molar refractivity (Wildman–Crippen MR) is 113 cm³/mol. The number of esters is 1. The van der Waals surface area contributed by atoms with Crippen molar-refractivity contribution in [3.63, 3.8) is 0 Å². The third-order valence-corrected chi connectivity index (χ3v) is 4.80. The molecule has 0 N–H and O–H groups in total. The van der Waals surface area contributed by atoms with E-state index in [1.807, 2.05) is 0 Å². The first-order valence-corrected chi connectivity index (χ1v) is 9.60. The van der Waals surface area contributed by atoms with E-state index >= 15 is 0 Å². The molecule has 0 spiro atoms. The molecule has 1 aromatic heterocycles. The molecule has 0 aliphatic heterocycles. The molecule has 0 atom stereocenters. The summed E-state index contributed by atoms with van der Waals surface area (Å²) < 4.78 is 24.0. The highest BCUT2D eigenvalue weighted by Crippen LogP contribution is 2.20. The topological polar surface area (TPSA) is 92.4 Å². The normalized spacial score (nSPS) is 10.7. The summed E-state index contributed by atoms with van der Waals surface area (Å²) >= 11 is 0. The molecule has 0 amide bonds. The van der Waals surface area contributed by atoms with Crippen LogP contribution < -0.4 is 9.47 Å². The SMILES string of the molecule is COc1ccc2nc(COC(=O)c3ccc(F)cc3)c(C(=O)c3ccccc3)[n+]([O-])c2c1. The number of carbonyl (C=O) groups excluding carboxylic acids is 2. The average Bonchev–Trinajstić information content (AvgIpc) is 2.83. The quantitative estimate of drug-likeness (QED) is 0.200. The van der Waals surface area contributed by atoms with Crippen molar-refractivity contribution in [1.29, 1.82) is 0 Å². The second-order valence-corrected chi connectivity index (χ2v) is 6.83. The molecule has 7 nitrogen and oxygen atoms in total. The standard InChI is InChI=1S/C24H17FN2O5/c1-31-18-11-12-19-21(13-18)27(30)22(23(28)15-5-3-2-4-6-15)20(26-19)14-32-24(29)16-7-9-17(25)10-8-16/h2-13H,14H2,1H3. The lowest BCUT2D eigenvalue weighted by Gasteiger charge is -2.12. The van der Waals surface area contributed by atoms with Crippen molar-refractivity contribution in [1.82, 2.24) is 4.98 Å². The molecule has 32 heavy (non-hydrogen) atoms. The molecular weight excluding hydrogens is 415 g/mol. The minimum Gasteiger partial charge on any atom is -0.618 e. The van der Waals surface area contributed by atoms with Gasteiger partial charge in [-0.1, -0.05) is 30.3 Å². The number of aromatic nitrogens is 2. The van der Waals surface area contributed by atoms with Crippen LogP contribution in [0.4, 0.5) is 4.39 Å². The van der Waals surface area contributed by atoms with Gasteiger partial charge in [-0.25, -0.2) is 14.2 Å². The number of ketones is 1. The largest absolute Gasteiger partial charge is 0.618 e. The van der Waals surface area contributed by atoms with Crippen LogP contribution in [-0.2, 0) is 11.3 Å². The Morgan fingerprint density at radius 1 is 1.00 bits per heavy atom. The number of halogens is 1. The van der Waals surface area contributed by atoms with Gasteiger partial charge in [-0.2, -0.15) is 4.73 Å². The number of hydrogen-bond donors (Lipinski definition) is 0. The van der Waals surface area contributed by atoms with E-state index in [9.17, 15) is 19.2 Å². The number of carbonyl (C=O) groups is 2. The van der Waals surface area contributed by atoms with Crippen LogP contribution >= 0.6 is 0 Å². The van der Waals surface area contributed by atoms with Crippen molar-refractivity contribution >= 4 is 22.8 Å². The second-order valence-electron chi connectivity index (χ2n) is 6.83. The highest BCUT2D eigenvalue weighted by Gasteiger charge is 2.28. The molecule has 0 unspecified atom stereocenters. The maximum Gasteiger partial charge on any atom is 0.338 e. The minimum absolute atomic E-state index is 0.00183. The Morgan fingerprint density at radius 3 is 2.41 bits per heavy atom. The van der Waals surface area contributed by atoms with Gasteiger partial charge in [0.05, 0.1) is 18.7 Å². The fraction of sp³-hybridized carbons (Fsp3) is 0.0833. The number of hydrogen-bond acceptors (Lipinski definition) is 6. The number of fused-ring (bicyclic) bond motifs is 1. The van der Waals surface area contributed by atoms with Crippen molar-refractivity contribution in [2.75, 3.05) is 7.11 Å². The Balaban J connectivity index is 1.76. The van der Waals surface area contributed by atoms with Gasteiger partial charge in [-0.15, -0.1) is 0 Å². The molecule has 4 aromatic rings. The van der Waals surface area contributed by atoms with E-state index in [1.165, 1.54) is 25.3 Å². The van der Waals surface area contributed by atoms with E-state index in [0.717, 1.165) is 12.1 Å². The highest BCUT2D eigenvalue weighted by atomic mass is 19.1. The van der Waals surface area contributed by atoms with Crippen LogP contribution in [0.1, 0.15) is 32.1 Å². The Kier molecular flexibility index (Phi) is 5.76. The van der Waals surface area contributed by atoms with Gasteiger partial charge in [-0.05, 0) is 36.4 Å². The fourth-order valence-corrected chi connectivity index (χ4v) is 3.18. The third-order valence-electron chi connectivity index (χ3n) is 4.80. The third kappa shape index (κ3) is 4.11. The first-order valence-electron chi connectivity index (χ1n) is 9.60. The molecule has 0 aliphatic carbocycles. The zero-order valence-corrected chi connectivity index (χ0v) is 16.9. The molecule has 3 aromatic carbocycles. The molecular formula is C24H17FN2O5. The lowest BCUT2D eigenvalue weighted by Crippen LogP contribution is -2.38. The fourth-order valence-electron chi connectivity index (χ4n) is 3.18. The first-order chi connectivity index (χ1) is 15.5. The monoisotopic (exact) mass is 432 g/mol. The second kappa shape index (κ2) is 8.81. The lowest BCUT2D eigenvalue weighted by molar-refractivity contribution is -0.580. The number of methoxy groups -OCH3 is 1. The van der Waals surface area contributed by atoms with Gasteiger partial charge in [0.2, 0.25) is 5.52 Å². The Bertz CT molecular complexity index is 1310. The Hall–Kier alpha value is -4.33. The molecule has 0 bridgehead atoms. The van der Waals surface area contributed by atoms with E-state index in [4.69, 9.17) is 9.47 Å². The van der Waals surface area contributed by atoms with Gasteiger partial charge in [0.25, 0.3) is 11.5 Å². The molecule has 0 saturated heterocycles. The molecule has 1 heterocycles. The first kappa shape index (κ1) is 20.9. The summed E-state index contributed by atoms with van der Waals surface area (Å²) in [6.45, 7) is -0.422. The Morgan fingerprint density at radius 2 is 1.72 bits per heavy atom. The van der Waals surface area contributed by atoms with Crippen LogP contribution in [-0.4, -0.2) is 23.8 Å². The maximum absolute atomic E-state index is 13.2. The van der Waals surface area contributed by atoms with Gasteiger partial charge in [0.15, 0.2) is 5.69 Å². The summed E-state index contributed by atoms with van der Waals surface area (Å²) in [5.41, 5.74) is 0.594. The zero-order chi connectivity index (χ0) is 22.7. The van der Waals surface area contributed by atoms with Crippen LogP contribution in [0.25, 0.3) is 11.0 Å². The summed E-state index contributed by atoms with van der Waals surface area (Å²) in [4.78, 5) is 29.9. The van der Waals surface area contributed by atoms with Gasteiger partial charge in [0, 0.05) is 5.56 Å². The van der Waals surface area contributed by atoms with Gasteiger partial charge >= 0.3 is 5.97 Å². The summed E-state index contributed by atoms with van der Waals surface area (Å²) in [5, 5.41) is 13.2. The summed E-state index contributed by atoms with van der Waals surface area (Å²) in [6, 6.07) is 17.8. The molecule has 0 radical (unpaired) electrons. The maximum atomic E-state index is 13.2. The van der Waals surface area contributed by atoms with Crippen molar-refractivity contribution in [3.8, 4) is 5.75 Å². The summed E-state index contributed by atoms with van der Waals surface area (Å²) in [6.07, 6.45) is 0. The van der Waals surface area contributed by atoms with Crippen LogP contribution in [0.15, 0.2) is 72.8 Å². The molecule has 4 rings (SSSR count). The molecule has 8 heteroatoms. The van der Waals surface area contributed by atoms with Crippen LogP contribution in [0.5, 0.6) is 5.75 Å². The van der Waals surface area contributed by atoms with Crippen LogP contribution in [0.2, 0.25) is 0 Å². The zero-order valence-electron chi connectivity index (χ0n) is 16.9. The molecule has 160 valence electrons. The van der Waals surface area contributed by atoms with Crippen LogP contribution in [0, 0.1) is 11.0 Å². The van der Waals surface area contributed by atoms with Crippen molar-refractivity contribution in [3.05, 3.63) is 106 Å². The summed E-state index contributed by atoms with van der Waals surface area (Å²) in [7, 11) is 1.46. The van der Waals surface area contributed by atoms with E-state index in [0.29, 0.717) is 16.0 Å². The lowest BCUT2D eigenvalue weighted by atomic mass is 10.1. The van der Waals surface area contributed by atoms with Crippen molar-refractivity contribution in [2.45, 2.75) is 6.61 Å². The van der Waals surface area contributed by atoms with E-state index < -0.39 is 24.2 Å². The molecule has 0 saturated carbocycles. The highest BCUT2D eigenvalue weighted by molar-refractivity contribution is 6.07. The van der Waals surface area contributed by atoms with Gasteiger partial charge in [0.1, 0.15) is 23.7 Å². The number of benzene rings is 3. The smallest absolute Gasteiger partial charge is 0.338 e. The van der Waals surface area contributed by atoms with Crippen molar-refractivity contribution < 1.29 is 28.2 Å². The van der Waals surface area contributed by atoms with E-state index in [2.05, 4.69) is 4.98 Å². The van der Waals surface area contributed by atoms with E-state index in [1.54, 1.807) is 42.5 Å². The minimum atomic E-state index is -0.739. The molecule has 0 aliphatic rings. The van der Waals surface area contributed by atoms with Gasteiger partial charge in [-0.3, -0.25) is 4.79 Å². The van der Waals surface area contributed by atoms with Crippen molar-refractivity contribution in [2.24, 2.45) is 0 Å². The number of nitrogens with zero attached hydrogens (tertiary/aromatic N) is 2. The Labute approximate surface area is 182 Å².